The monoisotopic (exact) mass is 477 g/mol. The molecule has 0 aliphatic heterocycles. The molecular formula is C21H17F6NO5. The Bertz CT molecular complexity index is 1040. The number of methoxy groups -OCH3 is 1. The van der Waals surface area contributed by atoms with Crippen LogP contribution in [0.2, 0.25) is 0 Å². The van der Waals surface area contributed by atoms with Gasteiger partial charge in [-0.25, -0.2) is 5.48 Å². The SMILES string of the molecule is COC(=O)C1(c2cccc(OCc3cc(C(F)(F)F)cc(C(F)(F)F)c3)c2)CC1C(=O)NO. The Morgan fingerprint density at radius 1 is 1.06 bits per heavy atom. The Labute approximate surface area is 183 Å². The maximum absolute atomic E-state index is 13.0. The van der Waals surface area contributed by atoms with Crippen molar-refractivity contribution in [2.24, 2.45) is 5.92 Å². The minimum absolute atomic E-state index is 0.0175. The molecule has 1 aliphatic rings. The third-order valence-corrected chi connectivity index (χ3v) is 5.34. The van der Waals surface area contributed by atoms with E-state index in [1.807, 2.05) is 0 Å². The highest BCUT2D eigenvalue weighted by atomic mass is 19.4. The second-order valence-electron chi connectivity index (χ2n) is 7.43. The lowest BCUT2D eigenvalue weighted by atomic mass is 9.92. The van der Waals surface area contributed by atoms with Crippen molar-refractivity contribution in [3.05, 3.63) is 64.7 Å². The molecule has 0 aromatic heterocycles. The first kappa shape index (κ1) is 24.4. The van der Waals surface area contributed by atoms with E-state index < -0.39 is 53.3 Å². The Balaban J connectivity index is 1.88. The molecule has 6 nitrogen and oxygen atoms in total. The van der Waals surface area contributed by atoms with Crippen LogP contribution >= 0.6 is 0 Å². The van der Waals surface area contributed by atoms with Crippen molar-refractivity contribution in [3.63, 3.8) is 0 Å². The molecule has 1 saturated carbocycles. The van der Waals surface area contributed by atoms with Gasteiger partial charge in [-0.3, -0.25) is 14.8 Å². The van der Waals surface area contributed by atoms with Crippen molar-refractivity contribution in [2.75, 3.05) is 7.11 Å². The first-order valence-electron chi connectivity index (χ1n) is 9.37. The van der Waals surface area contributed by atoms with Gasteiger partial charge < -0.3 is 9.47 Å². The molecule has 2 N–H and O–H groups in total. The van der Waals surface area contributed by atoms with Crippen molar-refractivity contribution >= 4 is 11.9 Å². The second kappa shape index (κ2) is 8.58. The summed E-state index contributed by atoms with van der Waals surface area (Å²) in [6.07, 6.45) is -9.95. The predicted octanol–water partition coefficient (Wildman–Crippen LogP) is 4.24. The van der Waals surface area contributed by atoms with Crippen molar-refractivity contribution in [3.8, 4) is 5.75 Å². The highest BCUT2D eigenvalue weighted by molar-refractivity contribution is 5.97. The molecule has 0 bridgehead atoms. The van der Waals surface area contributed by atoms with Gasteiger partial charge in [0.1, 0.15) is 17.8 Å². The van der Waals surface area contributed by atoms with E-state index in [9.17, 15) is 35.9 Å². The molecule has 2 unspecified atom stereocenters. The number of rotatable bonds is 6. The molecule has 1 amide bonds. The van der Waals surface area contributed by atoms with Crippen LogP contribution in [-0.4, -0.2) is 24.2 Å². The van der Waals surface area contributed by atoms with Crippen molar-refractivity contribution in [1.29, 1.82) is 0 Å². The smallest absolute Gasteiger partial charge is 0.416 e. The molecule has 0 radical (unpaired) electrons. The summed E-state index contributed by atoms with van der Waals surface area (Å²) in [6.45, 7) is -0.623. The summed E-state index contributed by atoms with van der Waals surface area (Å²) in [6, 6.07) is 6.77. The van der Waals surface area contributed by atoms with E-state index in [1.165, 1.54) is 29.7 Å². The highest BCUT2D eigenvalue weighted by Gasteiger charge is 2.65. The fraction of sp³-hybridized carbons (Fsp3) is 0.333. The van der Waals surface area contributed by atoms with Crippen LogP contribution in [0.1, 0.15) is 28.7 Å². The lowest BCUT2D eigenvalue weighted by Gasteiger charge is -2.17. The first-order chi connectivity index (χ1) is 15.3. The maximum atomic E-state index is 13.0. The van der Waals surface area contributed by atoms with Gasteiger partial charge in [0.05, 0.1) is 24.2 Å². The number of alkyl halides is 6. The number of hydrogen-bond acceptors (Lipinski definition) is 5. The van der Waals surface area contributed by atoms with Crippen LogP contribution in [0.15, 0.2) is 42.5 Å². The molecule has 2 atom stereocenters. The van der Waals surface area contributed by atoms with Crippen LogP contribution in [0.3, 0.4) is 0 Å². The van der Waals surface area contributed by atoms with Crippen LogP contribution in [-0.2, 0) is 38.7 Å². The zero-order valence-electron chi connectivity index (χ0n) is 16.9. The van der Waals surface area contributed by atoms with E-state index in [0.717, 1.165) is 7.11 Å². The average molecular weight is 477 g/mol. The first-order valence-corrected chi connectivity index (χ1v) is 9.37. The minimum atomic E-state index is -4.99. The number of ether oxygens (including phenoxy) is 2. The molecular weight excluding hydrogens is 460 g/mol. The average Bonchev–Trinajstić information content (AvgIpc) is 3.52. The number of amides is 1. The molecule has 33 heavy (non-hydrogen) atoms. The van der Waals surface area contributed by atoms with Crippen molar-refractivity contribution < 1.29 is 50.6 Å². The Kier molecular flexibility index (Phi) is 6.33. The number of hydrogen-bond donors (Lipinski definition) is 2. The van der Waals surface area contributed by atoms with E-state index in [2.05, 4.69) is 0 Å². The van der Waals surface area contributed by atoms with E-state index in [1.54, 1.807) is 0 Å². The number of halogens is 6. The van der Waals surface area contributed by atoms with Crippen molar-refractivity contribution in [2.45, 2.75) is 30.8 Å². The van der Waals surface area contributed by atoms with Crippen LogP contribution in [0.4, 0.5) is 26.3 Å². The maximum Gasteiger partial charge on any atom is 0.416 e. The van der Waals surface area contributed by atoms with Crippen molar-refractivity contribution in [1.82, 2.24) is 5.48 Å². The van der Waals surface area contributed by atoms with Crippen LogP contribution < -0.4 is 10.2 Å². The summed E-state index contributed by atoms with van der Waals surface area (Å²) in [5.41, 5.74) is -2.96. The van der Waals surface area contributed by atoms with Gasteiger partial charge >= 0.3 is 18.3 Å². The fourth-order valence-corrected chi connectivity index (χ4v) is 3.63. The van der Waals surface area contributed by atoms with Gasteiger partial charge in [-0.05, 0) is 47.9 Å². The van der Waals surface area contributed by atoms with E-state index >= 15 is 0 Å². The van der Waals surface area contributed by atoms with Gasteiger partial charge in [-0.1, -0.05) is 12.1 Å². The predicted molar refractivity (Wildman–Crippen MR) is 99.0 cm³/mol. The molecule has 1 fully saturated rings. The molecule has 178 valence electrons. The minimum Gasteiger partial charge on any atom is -0.489 e. The fourth-order valence-electron chi connectivity index (χ4n) is 3.63. The van der Waals surface area contributed by atoms with Gasteiger partial charge in [-0.15, -0.1) is 0 Å². The largest absolute Gasteiger partial charge is 0.489 e. The molecule has 2 aromatic carbocycles. The van der Waals surface area contributed by atoms with Crippen LogP contribution in [0.5, 0.6) is 5.75 Å². The zero-order valence-corrected chi connectivity index (χ0v) is 16.9. The third-order valence-electron chi connectivity index (χ3n) is 5.34. The molecule has 3 rings (SSSR count). The van der Waals surface area contributed by atoms with Crippen LogP contribution in [0.25, 0.3) is 0 Å². The highest BCUT2D eigenvalue weighted by Crippen LogP contribution is 2.55. The third kappa shape index (κ3) is 4.90. The normalized spacial score (nSPS) is 20.2. The lowest BCUT2D eigenvalue weighted by molar-refractivity contribution is -0.146. The molecule has 0 saturated heterocycles. The lowest BCUT2D eigenvalue weighted by Crippen LogP contribution is -2.31. The molecule has 0 heterocycles. The Morgan fingerprint density at radius 2 is 1.67 bits per heavy atom. The number of esters is 1. The summed E-state index contributed by atoms with van der Waals surface area (Å²) in [4.78, 5) is 24.2. The van der Waals surface area contributed by atoms with Crippen LogP contribution in [0, 0.1) is 5.92 Å². The number of carbonyl (C=O) groups is 2. The quantitative estimate of drug-likeness (QED) is 0.282. The summed E-state index contributed by atoms with van der Waals surface area (Å²) >= 11 is 0. The zero-order chi connectivity index (χ0) is 24.6. The summed E-state index contributed by atoms with van der Waals surface area (Å²) in [5.74, 6) is -2.45. The summed E-state index contributed by atoms with van der Waals surface area (Å²) in [7, 11) is 1.11. The molecule has 2 aromatic rings. The van der Waals surface area contributed by atoms with E-state index in [-0.39, 0.29) is 29.4 Å². The summed E-state index contributed by atoms with van der Waals surface area (Å²) in [5, 5.41) is 8.87. The topological polar surface area (TPSA) is 84.9 Å². The van der Waals surface area contributed by atoms with Gasteiger partial charge in [0, 0.05) is 0 Å². The number of carbonyl (C=O) groups excluding carboxylic acids is 2. The van der Waals surface area contributed by atoms with Gasteiger partial charge in [0.25, 0.3) is 0 Å². The Hall–Kier alpha value is -3.28. The van der Waals surface area contributed by atoms with Gasteiger partial charge in [-0.2, -0.15) is 26.3 Å². The number of nitrogens with one attached hydrogen (secondary N) is 1. The van der Waals surface area contributed by atoms with Gasteiger partial charge in [0.15, 0.2) is 0 Å². The molecule has 1 aliphatic carbocycles. The number of hydroxylamine groups is 1. The Morgan fingerprint density at radius 3 is 2.18 bits per heavy atom. The standard InChI is InChI=1S/C21H17F6NO5/c1-32-18(30)19(9-16(19)17(29)28-31)12-3-2-4-15(8-12)33-10-11-5-13(20(22,23)24)7-14(6-11)21(25,26)27/h2-8,16,31H,9-10H2,1H3,(H,28,29). The summed E-state index contributed by atoms with van der Waals surface area (Å²) < 4.78 is 88.3. The number of benzene rings is 2. The molecule has 12 heteroatoms. The van der Waals surface area contributed by atoms with E-state index in [4.69, 9.17) is 14.7 Å². The van der Waals surface area contributed by atoms with Gasteiger partial charge in [0.2, 0.25) is 5.91 Å². The van der Waals surface area contributed by atoms with E-state index in [0.29, 0.717) is 12.1 Å². The molecule has 0 spiro atoms. The second-order valence-corrected chi connectivity index (χ2v) is 7.43.